The van der Waals surface area contributed by atoms with E-state index in [-0.39, 0.29) is 35.6 Å². The Morgan fingerprint density at radius 1 is 1.12 bits per heavy atom. The van der Waals surface area contributed by atoms with Crippen LogP contribution in [0.5, 0.6) is 0 Å². The summed E-state index contributed by atoms with van der Waals surface area (Å²) in [5.74, 6) is -0.604. The molecule has 1 saturated heterocycles. The highest BCUT2D eigenvalue weighted by Gasteiger charge is 2.48. The highest BCUT2D eigenvalue weighted by Crippen LogP contribution is 2.37. The number of anilines is 1. The molecule has 1 aliphatic heterocycles. The Balaban J connectivity index is 1.63. The van der Waals surface area contributed by atoms with Crippen LogP contribution in [0.3, 0.4) is 0 Å². The molecule has 1 saturated carbocycles. The third kappa shape index (κ3) is 3.55. The number of nitrogens with zero attached hydrogens (tertiary/aromatic N) is 3. The fourth-order valence-corrected chi connectivity index (χ4v) is 3.51. The van der Waals surface area contributed by atoms with E-state index in [4.69, 9.17) is 0 Å². The Bertz CT molecular complexity index is 669. The summed E-state index contributed by atoms with van der Waals surface area (Å²) < 4.78 is 0. The lowest BCUT2D eigenvalue weighted by Crippen LogP contribution is -2.38. The van der Waals surface area contributed by atoms with E-state index in [0.717, 1.165) is 30.6 Å². The number of aromatic nitrogens is 2. The summed E-state index contributed by atoms with van der Waals surface area (Å²) in [7, 11) is 0. The molecule has 134 valence electrons. The smallest absolute Gasteiger partial charge is 0.244 e. The van der Waals surface area contributed by atoms with Gasteiger partial charge in [0.1, 0.15) is 12.4 Å². The van der Waals surface area contributed by atoms with Gasteiger partial charge in [0, 0.05) is 5.41 Å². The number of imide groups is 1. The van der Waals surface area contributed by atoms with Gasteiger partial charge in [-0.25, -0.2) is 9.97 Å². The minimum atomic E-state index is -0.410. The van der Waals surface area contributed by atoms with Crippen molar-refractivity contribution in [3.63, 3.8) is 0 Å². The topological polar surface area (TPSA) is 92.3 Å². The first-order valence-electron chi connectivity index (χ1n) is 8.75. The molecular formula is C18H24N4O3. The van der Waals surface area contributed by atoms with E-state index in [0.29, 0.717) is 11.5 Å². The summed E-state index contributed by atoms with van der Waals surface area (Å²) in [6.07, 6.45) is 6.51. The van der Waals surface area contributed by atoms with Gasteiger partial charge in [-0.3, -0.25) is 19.3 Å². The van der Waals surface area contributed by atoms with Gasteiger partial charge in [-0.05, 0) is 12.8 Å². The first-order chi connectivity index (χ1) is 11.8. The van der Waals surface area contributed by atoms with Crippen LogP contribution in [0.15, 0.2) is 12.4 Å². The van der Waals surface area contributed by atoms with Crippen LogP contribution < -0.4 is 5.32 Å². The molecule has 7 heteroatoms. The standard InChI is InChI=1S/C18H24N4O3/c1-18(2,3)17-19-8-11(9-20-17)21-14(23)10-22-15(24)12-6-4-5-7-13(12)16(22)25/h8-9,12-13H,4-7,10H2,1-3H3,(H,21,23)/t12-,13-/m1/s1. The number of nitrogens with one attached hydrogen (secondary N) is 1. The molecule has 1 aromatic rings. The fraction of sp³-hybridized carbons (Fsp3) is 0.611. The average molecular weight is 344 g/mol. The maximum Gasteiger partial charge on any atom is 0.244 e. The predicted octanol–water partition coefficient (Wildman–Crippen LogP) is 1.89. The molecule has 0 bridgehead atoms. The Morgan fingerprint density at radius 2 is 1.64 bits per heavy atom. The summed E-state index contributed by atoms with van der Waals surface area (Å²) in [4.78, 5) is 46.6. The summed E-state index contributed by atoms with van der Waals surface area (Å²) in [5, 5.41) is 2.66. The normalized spacial score (nSPS) is 23.6. The molecule has 1 N–H and O–H groups in total. The summed E-state index contributed by atoms with van der Waals surface area (Å²) in [6, 6.07) is 0. The largest absolute Gasteiger partial charge is 0.322 e. The maximum absolute atomic E-state index is 12.4. The van der Waals surface area contributed by atoms with Crippen molar-refractivity contribution in [3.05, 3.63) is 18.2 Å². The first-order valence-corrected chi connectivity index (χ1v) is 8.75. The van der Waals surface area contributed by atoms with Crippen molar-refractivity contribution < 1.29 is 14.4 Å². The van der Waals surface area contributed by atoms with Crippen molar-refractivity contribution in [1.82, 2.24) is 14.9 Å². The van der Waals surface area contributed by atoms with Gasteiger partial charge in [-0.2, -0.15) is 0 Å². The molecule has 1 aromatic heterocycles. The minimum Gasteiger partial charge on any atom is -0.322 e. The first kappa shape index (κ1) is 17.5. The van der Waals surface area contributed by atoms with E-state index in [2.05, 4.69) is 15.3 Å². The van der Waals surface area contributed by atoms with E-state index in [9.17, 15) is 14.4 Å². The zero-order chi connectivity index (χ0) is 18.2. The van der Waals surface area contributed by atoms with E-state index in [1.807, 2.05) is 20.8 Å². The van der Waals surface area contributed by atoms with Crippen molar-refractivity contribution in [3.8, 4) is 0 Å². The van der Waals surface area contributed by atoms with E-state index in [1.54, 1.807) is 12.4 Å². The molecule has 7 nitrogen and oxygen atoms in total. The molecule has 1 aliphatic carbocycles. The number of hydrogen-bond donors (Lipinski definition) is 1. The van der Waals surface area contributed by atoms with Crippen molar-refractivity contribution in [2.45, 2.75) is 51.9 Å². The van der Waals surface area contributed by atoms with Gasteiger partial charge in [0.25, 0.3) is 0 Å². The number of carbonyl (C=O) groups excluding carboxylic acids is 3. The Kier molecular flexibility index (Phi) is 4.58. The fourth-order valence-electron chi connectivity index (χ4n) is 3.51. The SMILES string of the molecule is CC(C)(C)c1ncc(NC(=O)CN2C(=O)[C@@H]3CCCC[C@H]3C2=O)cn1. The molecule has 2 heterocycles. The predicted molar refractivity (Wildman–Crippen MR) is 91.5 cm³/mol. The van der Waals surface area contributed by atoms with Crippen molar-refractivity contribution >= 4 is 23.4 Å². The number of carbonyl (C=O) groups is 3. The van der Waals surface area contributed by atoms with Gasteiger partial charge in [-0.1, -0.05) is 33.6 Å². The maximum atomic E-state index is 12.4. The van der Waals surface area contributed by atoms with Crippen LogP contribution in [0.25, 0.3) is 0 Å². The Morgan fingerprint density at radius 3 is 2.12 bits per heavy atom. The second-order valence-corrected chi connectivity index (χ2v) is 7.85. The van der Waals surface area contributed by atoms with Gasteiger partial charge < -0.3 is 5.32 Å². The third-order valence-corrected chi connectivity index (χ3v) is 4.84. The van der Waals surface area contributed by atoms with Crippen molar-refractivity contribution in [2.24, 2.45) is 11.8 Å². The molecule has 0 aromatic carbocycles. The molecule has 2 fully saturated rings. The molecule has 0 spiro atoms. The van der Waals surface area contributed by atoms with E-state index < -0.39 is 5.91 Å². The molecule has 3 rings (SSSR count). The van der Waals surface area contributed by atoms with Crippen LogP contribution in [-0.4, -0.2) is 39.1 Å². The second kappa shape index (κ2) is 6.54. The van der Waals surface area contributed by atoms with Gasteiger partial charge >= 0.3 is 0 Å². The van der Waals surface area contributed by atoms with Crippen LogP contribution in [0, 0.1) is 11.8 Å². The number of rotatable bonds is 3. The second-order valence-electron chi connectivity index (χ2n) is 7.85. The van der Waals surface area contributed by atoms with Crippen LogP contribution >= 0.6 is 0 Å². The number of amides is 3. The number of hydrogen-bond acceptors (Lipinski definition) is 5. The summed E-state index contributed by atoms with van der Waals surface area (Å²) in [6.45, 7) is 5.77. The molecule has 2 aliphatic rings. The molecule has 3 amide bonds. The lowest BCUT2D eigenvalue weighted by molar-refractivity contribution is -0.142. The highest BCUT2D eigenvalue weighted by atomic mass is 16.2. The monoisotopic (exact) mass is 344 g/mol. The molecule has 2 atom stereocenters. The number of fused-ring (bicyclic) bond motifs is 1. The lowest BCUT2D eigenvalue weighted by Gasteiger charge is -2.19. The molecule has 25 heavy (non-hydrogen) atoms. The zero-order valence-electron chi connectivity index (χ0n) is 14.9. The van der Waals surface area contributed by atoms with Gasteiger partial charge in [0.15, 0.2) is 0 Å². The van der Waals surface area contributed by atoms with E-state index in [1.165, 1.54) is 0 Å². The van der Waals surface area contributed by atoms with Gasteiger partial charge in [-0.15, -0.1) is 0 Å². The van der Waals surface area contributed by atoms with Crippen molar-refractivity contribution in [2.75, 3.05) is 11.9 Å². The quantitative estimate of drug-likeness (QED) is 0.845. The third-order valence-electron chi connectivity index (χ3n) is 4.84. The Labute approximate surface area is 147 Å². The lowest BCUT2D eigenvalue weighted by atomic mass is 9.81. The summed E-state index contributed by atoms with van der Waals surface area (Å²) >= 11 is 0. The van der Waals surface area contributed by atoms with Gasteiger partial charge in [0.05, 0.1) is 29.9 Å². The van der Waals surface area contributed by atoms with Crippen LogP contribution in [-0.2, 0) is 19.8 Å². The zero-order valence-corrected chi connectivity index (χ0v) is 14.9. The van der Waals surface area contributed by atoms with Crippen molar-refractivity contribution in [1.29, 1.82) is 0 Å². The van der Waals surface area contributed by atoms with Crippen LogP contribution in [0.2, 0.25) is 0 Å². The van der Waals surface area contributed by atoms with Crippen LogP contribution in [0.1, 0.15) is 52.3 Å². The Hall–Kier alpha value is -2.31. The average Bonchev–Trinajstić information content (AvgIpc) is 2.80. The minimum absolute atomic E-state index is 0.173. The van der Waals surface area contributed by atoms with Gasteiger partial charge in [0.2, 0.25) is 17.7 Å². The summed E-state index contributed by atoms with van der Waals surface area (Å²) in [5.41, 5.74) is 0.280. The molecule has 0 unspecified atom stereocenters. The molecular weight excluding hydrogens is 320 g/mol. The molecule has 0 radical (unpaired) electrons. The number of likely N-dealkylation sites (tertiary alicyclic amines) is 1. The van der Waals surface area contributed by atoms with E-state index >= 15 is 0 Å². The highest BCUT2D eigenvalue weighted by molar-refractivity contribution is 6.08. The van der Waals surface area contributed by atoms with Crippen LogP contribution in [0.4, 0.5) is 5.69 Å².